The van der Waals surface area contributed by atoms with E-state index in [0.29, 0.717) is 39.6 Å². The molecule has 31 heavy (non-hydrogen) atoms. The third-order valence-electron chi connectivity index (χ3n) is 5.74. The van der Waals surface area contributed by atoms with Gasteiger partial charge in [-0.15, -0.1) is 11.3 Å². The number of rotatable bonds is 7. The van der Waals surface area contributed by atoms with Crippen molar-refractivity contribution in [1.29, 1.82) is 0 Å². The maximum Gasteiger partial charge on any atom is 0.261 e. The fraction of sp³-hybridized carbons (Fsp3) is 0.435. The van der Waals surface area contributed by atoms with Crippen LogP contribution in [0.3, 0.4) is 0 Å². The van der Waals surface area contributed by atoms with Crippen molar-refractivity contribution in [2.45, 2.75) is 39.2 Å². The predicted molar refractivity (Wildman–Crippen MR) is 123 cm³/mol. The molecule has 2 N–H and O–H groups in total. The van der Waals surface area contributed by atoms with Gasteiger partial charge in [0.2, 0.25) is 0 Å². The summed E-state index contributed by atoms with van der Waals surface area (Å²) < 4.78 is 5.17. The van der Waals surface area contributed by atoms with Gasteiger partial charge in [0.05, 0.1) is 23.9 Å². The number of methoxy groups -OCH3 is 1. The number of H-pyrrole nitrogens is 1. The van der Waals surface area contributed by atoms with Gasteiger partial charge in [-0.2, -0.15) is 0 Å². The van der Waals surface area contributed by atoms with Gasteiger partial charge in [0.1, 0.15) is 16.4 Å². The summed E-state index contributed by atoms with van der Waals surface area (Å²) in [6.45, 7) is 5.05. The first-order chi connectivity index (χ1) is 15.0. The van der Waals surface area contributed by atoms with Gasteiger partial charge in [-0.1, -0.05) is 18.6 Å². The summed E-state index contributed by atoms with van der Waals surface area (Å²) in [5, 5.41) is 3.49. The van der Waals surface area contributed by atoms with Crippen LogP contribution in [0.15, 0.2) is 29.1 Å². The van der Waals surface area contributed by atoms with Crippen LogP contribution < -0.4 is 15.6 Å². The lowest BCUT2D eigenvalue weighted by Crippen LogP contribution is -2.30. The molecule has 0 saturated carbocycles. The molecule has 1 fully saturated rings. The van der Waals surface area contributed by atoms with Crippen LogP contribution in [0.4, 0.5) is 0 Å². The number of piperidine rings is 1. The fourth-order valence-electron chi connectivity index (χ4n) is 4.00. The highest BCUT2D eigenvalue weighted by Gasteiger charge is 2.20. The zero-order valence-electron chi connectivity index (χ0n) is 18.0. The number of likely N-dealkylation sites (tertiary alicyclic amines) is 1. The Labute approximate surface area is 185 Å². The number of fused-ring (bicyclic) bond motifs is 1. The van der Waals surface area contributed by atoms with Crippen molar-refractivity contribution in [2.24, 2.45) is 0 Å². The van der Waals surface area contributed by atoms with Crippen LogP contribution in [-0.4, -0.2) is 47.5 Å². The van der Waals surface area contributed by atoms with E-state index in [1.165, 1.54) is 30.6 Å². The van der Waals surface area contributed by atoms with Gasteiger partial charge in [-0.25, -0.2) is 4.98 Å². The number of carbonyl (C=O) groups is 1. The van der Waals surface area contributed by atoms with Crippen molar-refractivity contribution in [3.63, 3.8) is 0 Å². The number of aromatic amines is 1. The van der Waals surface area contributed by atoms with E-state index < -0.39 is 0 Å². The standard InChI is InChI=1S/C23H28N4O3S/c1-15-19-21(28)25-18(14-27-12-4-3-5-13-27)26-23(19)31-20(15)22(29)24-11-10-16-6-8-17(30-2)9-7-16/h6-9H,3-5,10-14H2,1-2H3,(H,24,29)(H,25,26,28). The number of aromatic nitrogens is 2. The minimum absolute atomic E-state index is 0.161. The number of benzene rings is 1. The van der Waals surface area contributed by atoms with Crippen LogP contribution in [0, 0.1) is 6.92 Å². The average molecular weight is 441 g/mol. The molecule has 3 heterocycles. The molecule has 7 nitrogen and oxygen atoms in total. The molecule has 0 unspecified atom stereocenters. The number of ether oxygens (including phenoxy) is 1. The number of aryl methyl sites for hydroxylation is 1. The van der Waals surface area contributed by atoms with E-state index >= 15 is 0 Å². The van der Waals surface area contributed by atoms with Crippen molar-refractivity contribution in [2.75, 3.05) is 26.7 Å². The Kier molecular flexibility index (Phi) is 6.67. The van der Waals surface area contributed by atoms with E-state index in [4.69, 9.17) is 4.74 Å². The first-order valence-corrected chi connectivity index (χ1v) is 11.5. The minimum Gasteiger partial charge on any atom is -0.497 e. The number of amides is 1. The second kappa shape index (κ2) is 9.62. The van der Waals surface area contributed by atoms with Crippen LogP contribution in [0.2, 0.25) is 0 Å². The third kappa shape index (κ3) is 4.97. The summed E-state index contributed by atoms with van der Waals surface area (Å²) in [6.07, 6.45) is 4.36. The molecule has 164 valence electrons. The van der Waals surface area contributed by atoms with Gasteiger partial charge >= 0.3 is 0 Å². The molecule has 1 aromatic carbocycles. The second-order valence-electron chi connectivity index (χ2n) is 7.94. The smallest absolute Gasteiger partial charge is 0.261 e. The van der Waals surface area contributed by atoms with Crippen molar-refractivity contribution in [3.05, 3.63) is 56.4 Å². The summed E-state index contributed by atoms with van der Waals surface area (Å²) in [6, 6.07) is 7.80. The van der Waals surface area contributed by atoms with E-state index in [9.17, 15) is 9.59 Å². The lowest BCUT2D eigenvalue weighted by Gasteiger charge is -2.25. The molecule has 0 aliphatic carbocycles. The largest absolute Gasteiger partial charge is 0.497 e. The van der Waals surface area contributed by atoms with Crippen LogP contribution in [0.25, 0.3) is 10.2 Å². The lowest BCUT2D eigenvalue weighted by atomic mass is 10.1. The number of hydrogen-bond donors (Lipinski definition) is 2. The highest BCUT2D eigenvalue weighted by Crippen LogP contribution is 2.27. The van der Waals surface area contributed by atoms with E-state index in [-0.39, 0.29) is 11.5 Å². The third-order valence-corrected chi connectivity index (χ3v) is 6.92. The summed E-state index contributed by atoms with van der Waals surface area (Å²) in [5.74, 6) is 1.32. The Morgan fingerprint density at radius 3 is 2.68 bits per heavy atom. The van der Waals surface area contributed by atoms with Gasteiger partial charge in [-0.3, -0.25) is 14.5 Å². The van der Waals surface area contributed by atoms with Gasteiger partial charge in [0.15, 0.2) is 0 Å². The molecule has 3 aromatic rings. The van der Waals surface area contributed by atoms with Crippen molar-refractivity contribution >= 4 is 27.5 Å². The maximum absolute atomic E-state index is 12.8. The number of nitrogens with zero attached hydrogens (tertiary/aromatic N) is 2. The molecule has 0 atom stereocenters. The topological polar surface area (TPSA) is 87.3 Å². The average Bonchev–Trinajstić information content (AvgIpc) is 3.11. The fourth-order valence-corrected chi connectivity index (χ4v) is 5.12. The number of thiophene rings is 1. The van der Waals surface area contributed by atoms with E-state index in [0.717, 1.165) is 30.8 Å². The van der Waals surface area contributed by atoms with Crippen LogP contribution in [0.1, 0.15) is 45.9 Å². The lowest BCUT2D eigenvalue weighted by molar-refractivity contribution is 0.0957. The molecule has 8 heteroatoms. The van der Waals surface area contributed by atoms with Gasteiger partial charge in [-0.05, 0) is 62.5 Å². The number of hydrogen-bond acceptors (Lipinski definition) is 6. The molecule has 4 rings (SSSR count). The highest BCUT2D eigenvalue weighted by molar-refractivity contribution is 7.20. The van der Waals surface area contributed by atoms with E-state index in [1.807, 2.05) is 31.2 Å². The molecule has 1 aliphatic rings. The Balaban J connectivity index is 1.45. The summed E-state index contributed by atoms with van der Waals surface area (Å²) >= 11 is 1.30. The Morgan fingerprint density at radius 2 is 1.97 bits per heavy atom. The molecule has 1 aliphatic heterocycles. The number of nitrogens with one attached hydrogen (secondary N) is 2. The van der Waals surface area contributed by atoms with Crippen LogP contribution in [-0.2, 0) is 13.0 Å². The molecule has 1 saturated heterocycles. The zero-order chi connectivity index (χ0) is 21.8. The maximum atomic E-state index is 12.8. The SMILES string of the molecule is COc1ccc(CCNC(=O)c2sc3nc(CN4CCCCC4)[nH]c(=O)c3c2C)cc1. The zero-order valence-corrected chi connectivity index (χ0v) is 18.8. The van der Waals surface area contributed by atoms with Crippen molar-refractivity contribution in [1.82, 2.24) is 20.2 Å². The van der Waals surface area contributed by atoms with Crippen molar-refractivity contribution < 1.29 is 9.53 Å². The summed E-state index contributed by atoms with van der Waals surface area (Å²) in [5.41, 5.74) is 1.65. The minimum atomic E-state index is -0.164. The summed E-state index contributed by atoms with van der Waals surface area (Å²) in [4.78, 5) is 36.6. The quantitative estimate of drug-likeness (QED) is 0.589. The summed E-state index contributed by atoms with van der Waals surface area (Å²) in [7, 11) is 1.64. The van der Waals surface area contributed by atoms with Crippen LogP contribution >= 0.6 is 11.3 Å². The van der Waals surface area contributed by atoms with Crippen molar-refractivity contribution in [3.8, 4) is 5.75 Å². The number of carbonyl (C=O) groups excluding carboxylic acids is 1. The molecular weight excluding hydrogens is 412 g/mol. The van der Waals surface area contributed by atoms with Gasteiger partial charge < -0.3 is 15.0 Å². The first kappa shape index (κ1) is 21.5. The molecule has 0 bridgehead atoms. The van der Waals surface area contributed by atoms with Gasteiger partial charge in [0.25, 0.3) is 11.5 Å². The van der Waals surface area contributed by atoms with E-state index in [2.05, 4.69) is 20.2 Å². The molecule has 0 spiro atoms. The van der Waals surface area contributed by atoms with E-state index in [1.54, 1.807) is 7.11 Å². The predicted octanol–water partition coefficient (Wildman–Crippen LogP) is 3.26. The monoisotopic (exact) mass is 440 g/mol. The van der Waals surface area contributed by atoms with Crippen LogP contribution in [0.5, 0.6) is 5.75 Å². The normalized spacial score (nSPS) is 14.6. The molecule has 0 radical (unpaired) electrons. The van der Waals surface area contributed by atoms with Gasteiger partial charge in [0, 0.05) is 6.54 Å². The molecule has 2 aromatic heterocycles. The Bertz CT molecular complexity index is 1110. The first-order valence-electron chi connectivity index (χ1n) is 10.7. The molecule has 1 amide bonds. The highest BCUT2D eigenvalue weighted by atomic mass is 32.1. The Morgan fingerprint density at radius 1 is 1.23 bits per heavy atom. The Hall–Kier alpha value is -2.71. The molecular formula is C23H28N4O3S. The second-order valence-corrected chi connectivity index (χ2v) is 8.94.